The first-order valence-corrected chi connectivity index (χ1v) is 9.42. The number of benzene rings is 2. The number of ether oxygens (including phenoxy) is 2. The molecule has 0 atom stereocenters. The van der Waals surface area contributed by atoms with Crippen LogP contribution in [-0.2, 0) is 13.0 Å². The minimum Gasteiger partial charge on any atom is -0.493 e. The average molecular weight is 390 g/mol. The maximum absolute atomic E-state index is 13.4. The summed E-state index contributed by atoms with van der Waals surface area (Å²) in [6.45, 7) is 0.945. The predicted molar refractivity (Wildman–Crippen MR) is 110 cm³/mol. The van der Waals surface area contributed by atoms with Crippen LogP contribution in [0.4, 0.5) is 0 Å². The molecule has 0 unspecified atom stereocenters. The highest BCUT2D eigenvalue weighted by Crippen LogP contribution is 2.34. The van der Waals surface area contributed by atoms with Crippen LogP contribution >= 0.6 is 0 Å². The number of aromatic nitrogens is 1. The lowest BCUT2D eigenvalue weighted by molar-refractivity contribution is 0.0733. The van der Waals surface area contributed by atoms with E-state index in [9.17, 15) is 9.59 Å². The molecule has 0 spiro atoms. The number of rotatable bonds is 4. The maximum atomic E-state index is 13.4. The number of nitrogens with zero attached hydrogens (tertiary/aromatic N) is 1. The minimum atomic E-state index is -0.380. The van der Waals surface area contributed by atoms with E-state index >= 15 is 0 Å². The summed E-state index contributed by atoms with van der Waals surface area (Å²) in [5, 5.41) is 0. The third-order valence-electron chi connectivity index (χ3n) is 5.26. The lowest BCUT2D eigenvalue weighted by Crippen LogP contribution is -2.39. The van der Waals surface area contributed by atoms with Crippen LogP contribution in [0.5, 0.6) is 11.5 Å². The normalized spacial score (nSPS) is 13.0. The quantitative estimate of drug-likeness (QED) is 0.742. The molecule has 0 radical (unpaired) electrons. The summed E-state index contributed by atoms with van der Waals surface area (Å²) in [4.78, 5) is 30.3. The maximum Gasteiger partial charge on any atom is 0.261 e. The van der Waals surface area contributed by atoms with E-state index in [0.29, 0.717) is 36.6 Å². The first-order chi connectivity index (χ1) is 14.1. The van der Waals surface area contributed by atoms with Crippen molar-refractivity contribution in [2.24, 2.45) is 0 Å². The zero-order valence-electron chi connectivity index (χ0n) is 16.4. The molecular formula is C23H22N2O4. The standard InChI is InChI=1S/C23H22N2O4/c1-28-19-12-16-9-11-25(14-17(16)13-20(19)29-2)23(27)21-18(8-10-24-22(21)26)15-6-4-3-5-7-15/h3-8,10,12-13H,9,11,14H2,1-2H3,(H,24,26). The van der Waals surface area contributed by atoms with Crippen molar-refractivity contribution in [3.8, 4) is 22.6 Å². The Kier molecular flexibility index (Phi) is 5.08. The molecule has 3 aromatic rings. The molecule has 0 aliphatic carbocycles. The van der Waals surface area contributed by atoms with Crippen molar-refractivity contribution in [1.29, 1.82) is 0 Å². The molecule has 4 rings (SSSR count). The highest BCUT2D eigenvalue weighted by molar-refractivity contribution is 6.00. The van der Waals surface area contributed by atoms with Gasteiger partial charge in [-0.15, -0.1) is 0 Å². The van der Waals surface area contributed by atoms with E-state index in [4.69, 9.17) is 9.47 Å². The molecule has 0 bridgehead atoms. The molecule has 6 heteroatoms. The molecule has 0 fully saturated rings. The van der Waals surface area contributed by atoms with Crippen LogP contribution in [0.1, 0.15) is 21.5 Å². The molecule has 1 aliphatic heterocycles. The summed E-state index contributed by atoms with van der Waals surface area (Å²) in [5.74, 6) is 1.03. The van der Waals surface area contributed by atoms with E-state index < -0.39 is 0 Å². The fourth-order valence-electron chi connectivity index (χ4n) is 3.76. The fourth-order valence-corrected chi connectivity index (χ4v) is 3.76. The van der Waals surface area contributed by atoms with Gasteiger partial charge in [-0.1, -0.05) is 30.3 Å². The van der Waals surface area contributed by atoms with Crippen LogP contribution in [0.3, 0.4) is 0 Å². The number of aromatic amines is 1. The average Bonchev–Trinajstić information content (AvgIpc) is 2.77. The highest BCUT2D eigenvalue weighted by Gasteiger charge is 2.27. The summed E-state index contributed by atoms with van der Waals surface area (Å²) in [5.41, 5.74) is 3.38. The Labute approximate surface area is 168 Å². The third kappa shape index (κ3) is 3.49. The van der Waals surface area contributed by atoms with Crippen molar-refractivity contribution in [3.05, 3.63) is 81.8 Å². The number of nitrogens with one attached hydrogen (secondary N) is 1. The van der Waals surface area contributed by atoms with Gasteiger partial charge in [-0.2, -0.15) is 0 Å². The number of hydrogen-bond donors (Lipinski definition) is 1. The van der Waals surface area contributed by atoms with Gasteiger partial charge in [-0.3, -0.25) is 9.59 Å². The first-order valence-electron chi connectivity index (χ1n) is 9.42. The highest BCUT2D eigenvalue weighted by atomic mass is 16.5. The second-order valence-electron chi connectivity index (χ2n) is 6.91. The number of methoxy groups -OCH3 is 2. The van der Waals surface area contributed by atoms with E-state index in [1.165, 1.54) is 0 Å². The Morgan fingerprint density at radius 1 is 1.00 bits per heavy atom. The van der Waals surface area contributed by atoms with Gasteiger partial charge in [0.25, 0.3) is 11.5 Å². The summed E-state index contributed by atoms with van der Waals surface area (Å²) in [7, 11) is 3.20. The van der Waals surface area contributed by atoms with Crippen molar-refractivity contribution in [2.75, 3.05) is 20.8 Å². The summed E-state index contributed by atoms with van der Waals surface area (Å²) in [6.07, 6.45) is 2.26. The summed E-state index contributed by atoms with van der Waals surface area (Å²) in [6, 6.07) is 15.1. The Balaban J connectivity index is 1.70. The van der Waals surface area contributed by atoms with Crippen LogP contribution < -0.4 is 15.0 Å². The molecular weight excluding hydrogens is 368 g/mol. The van der Waals surface area contributed by atoms with Crippen molar-refractivity contribution in [1.82, 2.24) is 9.88 Å². The molecule has 0 saturated carbocycles. The van der Waals surface area contributed by atoms with Gasteiger partial charge >= 0.3 is 0 Å². The SMILES string of the molecule is COc1cc2c(cc1OC)CN(C(=O)c1c(-c3ccccc3)cc[nH]c1=O)CC2. The van der Waals surface area contributed by atoms with E-state index in [-0.39, 0.29) is 17.0 Å². The van der Waals surface area contributed by atoms with Crippen molar-refractivity contribution in [3.63, 3.8) is 0 Å². The fraction of sp³-hybridized carbons (Fsp3) is 0.217. The van der Waals surface area contributed by atoms with Gasteiger partial charge in [0.1, 0.15) is 5.56 Å². The third-order valence-corrected chi connectivity index (χ3v) is 5.26. The van der Waals surface area contributed by atoms with E-state index in [0.717, 1.165) is 16.7 Å². The molecule has 1 amide bonds. The molecule has 2 heterocycles. The Bertz CT molecular complexity index is 1110. The zero-order valence-corrected chi connectivity index (χ0v) is 16.4. The zero-order chi connectivity index (χ0) is 20.4. The number of fused-ring (bicyclic) bond motifs is 1. The second kappa shape index (κ2) is 7.83. The molecule has 0 saturated heterocycles. The minimum absolute atomic E-state index is 0.169. The van der Waals surface area contributed by atoms with Crippen LogP contribution in [0.25, 0.3) is 11.1 Å². The molecule has 1 aromatic heterocycles. The molecule has 6 nitrogen and oxygen atoms in total. The van der Waals surface area contributed by atoms with Gasteiger partial charge < -0.3 is 19.4 Å². The number of pyridine rings is 1. The predicted octanol–water partition coefficient (Wildman–Crippen LogP) is 3.26. The topological polar surface area (TPSA) is 71.6 Å². The number of hydrogen-bond acceptors (Lipinski definition) is 4. The molecule has 29 heavy (non-hydrogen) atoms. The van der Waals surface area contributed by atoms with E-state index in [1.54, 1.807) is 31.4 Å². The van der Waals surface area contributed by atoms with Crippen LogP contribution in [0.2, 0.25) is 0 Å². The molecule has 1 aliphatic rings. The monoisotopic (exact) mass is 390 g/mol. The number of amides is 1. The van der Waals surface area contributed by atoms with Crippen molar-refractivity contribution in [2.45, 2.75) is 13.0 Å². The Morgan fingerprint density at radius 3 is 2.38 bits per heavy atom. The smallest absolute Gasteiger partial charge is 0.261 e. The van der Waals surface area contributed by atoms with Crippen LogP contribution in [-0.4, -0.2) is 36.6 Å². The van der Waals surface area contributed by atoms with Gasteiger partial charge in [0.05, 0.1) is 14.2 Å². The Hall–Kier alpha value is -3.54. The second-order valence-corrected chi connectivity index (χ2v) is 6.91. The van der Waals surface area contributed by atoms with Crippen LogP contribution in [0.15, 0.2) is 59.5 Å². The van der Waals surface area contributed by atoms with E-state index in [1.807, 2.05) is 42.5 Å². The van der Waals surface area contributed by atoms with Crippen molar-refractivity contribution >= 4 is 5.91 Å². The molecule has 2 aromatic carbocycles. The van der Waals surface area contributed by atoms with Gasteiger partial charge in [-0.05, 0) is 41.3 Å². The molecule has 148 valence electrons. The van der Waals surface area contributed by atoms with Gasteiger partial charge in [0, 0.05) is 24.8 Å². The Morgan fingerprint density at radius 2 is 1.69 bits per heavy atom. The van der Waals surface area contributed by atoms with E-state index in [2.05, 4.69) is 4.98 Å². The van der Waals surface area contributed by atoms with Crippen LogP contribution in [0, 0.1) is 0 Å². The van der Waals surface area contributed by atoms with Gasteiger partial charge in [0.2, 0.25) is 0 Å². The first kappa shape index (κ1) is 18.8. The lowest BCUT2D eigenvalue weighted by Gasteiger charge is -2.30. The molecule has 1 N–H and O–H groups in total. The van der Waals surface area contributed by atoms with Gasteiger partial charge in [0.15, 0.2) is 11.5 Å². The van der Waals surface area contributed by atoms with Gasteiger partial charge in [-0.25, -0.2) is 0 Å². The number of carbonyl (C=O) groups excluding carboxylic acids is 1. The lowest BCUT2D eigenvalue weighted by atomic mass is 9.96. The number of carbonyl (C=O) groups is 1. The summed E-state index contributed by atoms with van der Waals surface area (Å²) >= 11 is 0. The number of H-pyrrole nitrogens is 1. The van der Waals surface area contributed by atoms with Crippen molar-refractivity contribution < 1.29 is 14.3 Å². The summed E-state index contributed by atoms with van der Waals surface area (Å²) < 4.78 is 10.8. The largest absolute Gasteiger partial charge is 0.493 e.